The molecular formula is C51H60NO8W-. The van der Waals surface area contributed by atoms with Crippen molar-refractivity contribution in [3.05, 3.63) is 91.7 Å². The number of fused-ring (bicyclic) bond motifs is 6. The van der Waals surface area contributed by atoms with Crippen LogP contribution in [-0.2, 0) is 40.2 Å². The molecule has 3 aliphatic carbocycles. The first kappa shape index (κ1) is 47.5. The minimum atomic E-state index is -0.259. The van der Waals surface area contributed by atoms with Crippen LogP contribution < -0.4 is 9.47 Å². The molecule has 0 aliphatic heterocycles. The Kier molecular flexibility index (Phi) is 16.7. The van der Waals surface area contributed by atoms with Crippen LogP contribution in [-0.4, -0.2) is 60.9 Å². The van der Waals surface area contributed by atoms with Gasteiger partial charge in [-0.25, -0.2) is 0 Å². The van der Waals surface area contributed by atoms with Gasteiger partial charge >= 0.3 is 0 Å². The van der Waals surface area contributed by atoms with E-state index in [0.29, 0.717) is 44.9 Å². The van der Waals surface area contributed by atoms with Crippen molar-refractivity contribution in [1.29, 1.82) is 0 Å². The Morgan fingerprint density at radius 2 is 1.15 bits per heavy atom. The van der Waals surface area contributed by atoms with Gasteiger partial charge in [0.05, 0.1) is 32.0 Å². The van der Waals surface area contributed by atoms with Crippen molar-refractivity contribution in [3.63, 3.8) is 0 Å². The summed E-state index contributed by atoms with van der Waals surface area (Å²) in [4.78, 5) is 50.6. The summed E-state index contributed by atoms with van der Waals surface area (Å²) in [5, 5.41) is 6.21. The molecule has 0 amide bonds. The standard InChI is InChI=1S/C27H31NO4.C22H22O4.CH4.CH3.W/c1-28(19-5-3-2-4-6-19)13-14-31-21-9-11-22-18(15-21)7-12-26-27(22)24(17-32-26)23-10-8-20(29)16-25(23)30;1-2-3-10-25-16-6-8-17-14(11-16)4-9-21-22(17)19(13-26-21)18-7-5-15(23)12-20(18)24;;;/h7,9,11-12,15,17,19,23H,2-6,8,10,13-14,16H2,1H3;4,6,8-9,11,13,18H,2-3,5,7,10,12H2,1H3;1H4;1H3;/q;;;-1;. The van der Waals surface area contributed by atoms with Gasteiger partial charge in [0.15, 0.2) is 0 Å². The summed E-state index contributed by atoms with van der Waals surface area (Å²) in [6.45, 7) is 4.45. The Hall–Kier alpha value is -4.59. The van der Waals surface area contributed by atoms with Crippen LogP contribution in [0.1, 0.15) is 121 Å². The zero-order valence-corrected chi connectivity index (χ0v) is 38.0. The van der Waals surface area contributed by atoms with Gasteiger partial charge in [0.2, 0.25) is 0 Å². The molecule has 61 heavy (non-hydrogen) atoms. The molecule has 6 aromatic rings. The molecule has 0 N–H and O–H groups in total. The third-order valence-corrected chi connectivity index (χ3v) is 12.5. The molecule has 4 aromatic carbocycles. The fourth-order valence-electron chi connectivity index (χ4n) is 9.18. The number of carbonyl (C=O) groups excluding carboxylic acids is 4. The molecular weight excluding hydrogens is 938 g/mol. The first-order valence-electron chi connectivity index (χ1n) is 21.2. The molecule has 2 unspecified atom stereocenters. The average Bonchev–Trinajstić information content (AvgIpc) is 3.87. The van der Waals surface area contributed by atoms with E-state index >= 15 is 0 Å². The van der Waals surface area contributed by atoms with Crippen molar-refractivity contribution >= 4 is 66.6 Å². The average molecular weight is 999 g/mol. The molecule has 0 saturated heterocycles. The number of ketones is 4. The Morgan fingerprint density at radius 1 is 0.656 bits per heavy atom. The predicted molar refractivity (Wildman–Crippen MR) is 239 cm³/mol. The van der Waals surface area contributed by atoms with Gasteiger partial charge in [0.1, 0.15) is 52.4 Å². The van der Waals surface area contributed by atoms with Gasteiger partial charge < -0.3 is 30.6 Å². The minimum absolute atomic E-state index is 0. The monoisotopic (exact) mass is 998 g/mol. The molecule has 324 valence electrons. The number of unbranched alkanes of at least 4 members (excludes halogenated alkanes) is 1. The van der Waals surface area contributed by atoms with Crippen LogP contribution in [0.4, 0.5) is 0 Å². The fourth-order valence-corrected chi connectivity index (χ4v) is 9.18. The van der Waals surface area contributed by atoms with Crippen LogP contribution in [0, 0.1) is 7.43 Å². The smallest absolute Gasteiger partial charge is 0.147 e. The van der Waals surface area contributed by atoms with Crippen LogP contribution in [0.25, 0.3) is 43.5 Å². The SMILES string of the molecule is C.CCCCOc1ccc2c(ccc3occ(C4CCC(=O)CC4=O)c32)c1.CN(CCOc1ccc2c(ccc3occ(C4CCC(=O)CC4=O)c32)c1)C1CCCCC1.[CH3-].[W]. The van der Waals surface area contributed by atoms with Crippen molar-refractivity contribution in [2.75, 3.05) is 26.8 Å². The van der Waals surface area contributed by atoms with Gasteiger partial charge in [-0.2, -0.15) is 0 Å². The molecule has 0 bridgehead atoms. The van der Waals surface area contributed by atoms with E-state index in [1.807, 2.05) is 48.5 Å². The van der Waals surface area contributed by atoms with E-state index in [2.05, 4.69) is 31.0 Å². The van der Waals surface area contributed by atoms with Crippen molar-refractivity contribution in [2.45, 2.75) is 116 Å². The minimum Gasteiger partial charge on any atom is -0.494 e. The number of benzene rings is 4. The maximum atomic E-state index is 12.5. The Labute approximate surface area is 374 Å². The Morgan fingerprint density at radius 3 is 1.62 bits per heavy atom. The molecule has 2 atom stereocenters. The molecule has 3 saturated carbocycles. The number of hydrogen-bond acceptors (Lipinski definition) is 9. The van der Waals surface area contributed by atoms with Gasteiger partial charge in [-0.1, -0.05) is 52.2 Å². The van der Waals surface area contributed by atoms with Crippen LogP contribution in [0.3, 0.4) is 0 Å². The normalized spacial score (nSPS) is 18.4. The molecule has 0 spiro atoms. The number of ether oxygens (including phenoxy) is 2. The number of nitrogens with zero attached hydrogens (tertiary/aromatic N) is 1. The zero-order valence-electron chi connectivity index (χ0n) is 35.1. The van der Waals surface area contributed by atoms with Crippen LogP contribution >= 0.6 is 0 Å². The summed E-state index contributed by atoms with van der Waals surface area (Å²) < 4.78 is 23.4. The van der Waals surface area contributed by atoms with E-state index in [9.17, 15) is 19.2 Å². The zero-order chi connectivity index (χ0) is 40.2. The number of rotatable bonds is 11. The number of Topliss-reactive ketones (excluding diaryl/α,β-unsaturated/α-hetero) is 4. The molecule has 3 aliphatic rings. The Bertz CT molecular complexity index is 2480. The Balaban J connectivity index is 0.000000224. The predicted octanol–water partition coefficient (Wildman–Crippen LogP) is 11.9. The fraction of sp³-hybridized carbons (Fsp3) is 0.431. The van der Waals surface area contributed by atoms with Crippen molar-refractivity contribution in [3.8, 4) is 11.5 Å². The van der Waals surface area contributed by atoms with Gasteiger partial charge in [-0.05, 0) is 109 Å². The number of furan rings is 2. The first-order valence-corrected chi connectivity index (χ1v) is 21.2. The number of hydrogen-bond donors (Lipinski definition) is 0. The second-order valence-corrected chi connectivity index (χ2v) is 16.4. The topological polar surface area (TPSA) is 116 Å². The summed E-state index contributed by atoms with van der Waals surface area (Å²) in [6.07, 6.45) is 14.3. The van der Waals surface area contributed by atoms with Crippen molar-refractivity contribution in [1.82, 2.24) is 4.90 Å². The summed E-state index contributed by atoms with van der Waals surface area (Å²) >= 11 is 0. The second-order valence-electron chi connectivity index (χ2n) is 16.4. The van der Waals surface area contributed by atoms with Gasteiger partial charge in [-0.3, -0.25) is 19.2 Å². The molecule has 3 fully saturated rings. The number of carbonyl (C=O) groups is 4. The third-order valence-electron chi connectivity index (χ3n) is 12.5. The third kappa shape index (κ3) is 10.5. The van der Waals surface area contributed by atoms with Crippen molar-refractivity contribution < 1.29 is 58.6 Å². The summed E-state index contributed by atoms with van der Waals surface area (Å²) in [6, 6.07) is 20.8. The first-order chi connectivity index (χ1) is 28.3. The van der Waals surface area contributed by atoms with E-state index in [1.54, 1.807) is 12.5 Å². The van der Waals surface area contributed by atoms with Crippen LogP contribution in [0.2, 0.25) is 0 Å². The number of likely N-dealkylation sites (N-methyl/N-ethyl adjacent to an activating group) is 1. The molecule has 9 rings (SSSR count). The summed E-state index contributed by atoms with van der Waals surface area (Å²) in [7, 11) is 2.21. The van der Waals surface area contributed by atoms with Gasteiger partial charge in [0.25, 0.3) is 0 Å². The van der Waals surface area contributed by atoms with E-state index < -0.39 is 0 Å². The largest absolute Gasteiger partial charge is 0.494 e. The second kappa shape index (κ2) is 21.5. The summed E-state index contributed by atoms with van der Waals surface area (Å²) in [5.74, 6) is 1.29. The van der Waals surface area contributed by atoms with Crippen LogP contribution in [0.15, 0.2) is 82.0 Å². The summed E-state index contributed by atoms with van der Waals surface area (Å²) in [5.41, 5.74) is 3.37. The van der Waals surface area contributed by atoms with E-state index in [-0.39, 0.29) is 83.7 Å². The molecule has 2 heterocycles. The van der Waals surface area contributed by atoms with Gasteiger partial charge in [-0.15, -0.1) is 0 Å². The molecule has 0 radical (unpaired) electrons. The molecule has 2 aromatic heterocycles. The maximum absolute atomic E-state index is 12.5. The van der Waals surface area contributed by atoms with E-state index in [0.717, 1.165) is 85.5 Å². The molecule has 10 heteroatoms. The van der Waals surface area contributed by atoms with Crippen LogP contribution in [0.5, 0.6) is 11.5 Å². The quantitative estimate of drug-likeness (QED) is 0.0710. The van der Waals surface area contributed by atoms with Gasteiger partial charge in [0, 0.05) is 80.2 Å². The maximum Gasteiger partial charge on any atom is 0.147 e. The molecule has 9 nitrogen and oxygen atoms in total. The van der Waals surface area contributed by atoms with E-state index in [4.69, 9.17) is 18.3 Å². The van der Waals surface area contributed by atoms with Crippen molar-refractivity contribution in [2.24, 2.45) is 0 Å². The van der Waals surface area contributed by atoms with E-state index in [1.165, 1.54) is 32.1 Å².